The van der Waals surface area contributed by atoms with Gasteiger partial charge in [-0.15, -0.1) is 0 Å². The summed E-state index contributed by atoms with van der Waals surface area (Å²) in [6, 6.07) is 9.88. The Morgan fingerprint density at radius 1 is 1.05 bits per heavy atom. The molecule has 2 fully saturated rings. The number of carbonyl (C=O) groups is 1. The van der Waals surface area contributed by atoms with Gasteiger partial charge in [0.25, 0.3) is 11.8 Å². The first-order valence-electron chi connectivity index (χ1n) is 13.7. The average Bonchev–Trinajstić information content (AvgIpc) is 3.57. The van der Waals surface area contributed by atoms with Gasteiger partial charge in [0.1, 0.15) is 0 Å². The first kappa shape index (κ1) is 26.5. The van der Waals surface area contributed by atoms with Crippen molar-refractivity contribution in [3.63, 3.8) is 0 Å². The van der Waals surface area contributed by atoms with Crippen LogP contribution in [0.3, 0.4) is 0 Å². The molecule has 1 aromatic carbocycles. The van der Waals surface area contributed by atoms with Crippen molar-refractivity contribution in [2.75, 3.05) is 19.7 Å². The average molecular weight is 526 g/mol. The number of benzene rings is 1. The van der Waals surface area contributed by atoms with Gasteiger partial charge in [0, 0.05) is 61.5 Å². The van der Waals surface area contributed by atoms with E-state index < -0.39 is 5.92 Å². The van der Waals surface area contributed by atoms with Gasteiger partial charge in [-0.2, -0.15) is 10.2 Å². The summed E-state index contributed by atoms with van der Waals surface area (Å²) in [7, 11) is 0. The molecule has 38 heavy (non-hydrogen) atoms. The van der Waals surface area contributed by atoms with Crippen LogP contribution in [0.4, 0.5) is 8.78 Å². The molecule has 5 rings (SSSR count). The molecule has 1 unspecified atom stereocenters. The zero-order valence-electron chi connectivity index (χ0n) is 22.7. The van der Waals surface area contributed by atoms with Crippen molar-refractivity contribution in [3.8, 4) is 22.5 Å². The van der Waals surface area contributed by atoms with E-state index in [4.69, 9.17) is 14.9 Å². The number of amides is 1. The second-order valence-corrected chi connectivity index (χ2v) is 11.1. The lowest BCUT2D eigenvalue weighted by atomic mass is 9.97. The number of nitrogens with zero attached hydrogens (tertiary/aromatic N) is 5. The number of ether oxygens (including phenoxy) is 1. The maximum atomic E-state index is 13.8. The summed E-state index contributed by atoms with van der Waals surface area (Å²) in [5.74, 6) is -2.71. The van der Waals surface area contributed by atoms with Crippen LogP contribution < -0.4 is 0 Å². The molecule has 1 amide bonds. The fourth-order valence-electron chi connectivity index (χ4n) is 5.13. The zero-order chi connectivity index (χ0) is 27.0. The summed E-state index contributed by atoms with van der Waals surface area (Å²) >= 11 is 0. The van der Waals surface area contributed by atoms with Crippen LogP contribution >= 0.6 is 0 Å². The van der Waals surface area contributed by atoms with Crippen LogP contribution in [0.25, 0.3) is 22.5 Å². The van der Waals surface area contributed by atoms with Gasteiger partial charge < -0.3 is 9.64 Å². The molecule has 3 aromatic rings. The molecule has 2 aliphatic rings. The Morgan fingerprint density at radius 3 is 2.45 bits per heavy atom. The molecular weight excluding hydrogens is 488 g/mol. The maximum absolute atomic E-state index is 13.8. The Morgan fingerprint density at radius 2 is 1.82 bits per heavy atom. The van der Waals surface area contributed by atoms with Gasteiger partial charge in [0.2, 0.25) is 0 Å². The smallest absolute Gasteiger partial charge is 0.254 e. The van der Waals surface area contributed by atoms with E-state index in [1.165, 1.54) is 4.90 Å². The van der Waals surface area contributed by atoms with E-state index in [1.807, 2.05) is 53.7 Å². The van der Waals surface area contributed by atoms with Crippen molar-refractivity contribution < 1.29 is 18.3 Å². The topological polar surface area (TPSA) is 65.2 Å². The molecule has 0 bridgehead atoms. The predicted molar refractivity (Wildman–Crippen MR) is 142 cm³/mol. The van der Waals surface area contributed by atoms with Crippen molar-refractivity contribution in [1.29, 1.82) is 0 Å². The highest BCUT2D eigenvalue weighted by Gasteiger charge is 2.36. The highest BCUT2D eigenvalue weighted by atomic mass is 19.3. The first-order valence-corrected chi connectivity index (χ1v) is 13.7. The highest BCUT2D eigenvalue weighted by Crippen LogP contribution is 2.36. The zero-order valence-corrected chi connectivity index (χ0v) is 22.7. The number of rotatable bonds is 6. The standard InChI is InChI=1S/C29H37F2N5O2/c1-19(2)25-18-26(36(33-25)27-7-5-6-16-38-27)21-8-9-22(28(37)34-14-11-29(30,31)12-15-34)23(17-21)24-10-13-35(32-24)20(3)4/h8-10,13,17-20,27H,5-7,11-12,14-16H2,1-4H3. The van der Waals surface area contributed by atoms with Gasteiger partial charge in [0.15, 0.2) is 6.23 Å². The Bertz CT molecular complexity index is 1280. The van der Waals surface area contributed by atoms with Crippen LogP contribution in [0.1, 0.15) is 94.0 Å². The van der Waals surface area contributed by atoms with Crippen molar-refractivity contribution in [2.24, 2.45) is 0 Å². The number of alkyl halides is 2. The molecule has 2 aliphatic heterocycles. The van der Waals surface area contributed by atoms with E-state index in [0.717, 1.165) is 36.2 Å². The fraction of sp³-hybridized carbons (Fsp3) is 0.552. The fourth-order valence-corrected chi connectivity index (χ4v) is 5.13. The van der Waals surface area contributed by atoms with Crippen LogP contribution in [0, 0.1) is 0 Å². The number of piperidine rings is 1. The molecule has 0 N–H and O–H groups in total. The Kier molecular flexibility index (Phi) is 7.40. The van der Waals surface area contributed by atoms with Crippen LogP contribution in [-0.2, 0) is 4.74 Å². The molecule has 204 valence electrons. The van der Waals surface area contributed by atoms with Gasteiger partial charge in [-0.25, -0.2) is 13.5 Å². The van der Waals surface area contributed by atoms with E-state index in [9.17, 15) is 13.6 Å². The predicted octanol–water partition coefficient (Wildman–Crippen LogP) is 6.69. The number of halogens is 2. The van der Waals surface area contributed by atoms with Crippen LogP contribution in [0.15, 0.2) is 36.5 Å². The molecule has 7 nitrogen and oxygen atoms in total. The van der Waals surface area contributed by atoms with E-state index in [2.05, 4.69) is 19.9 Å². The molecule has 0 aliphatic carbocycles. The molecule has 2 aromatic heterocycles. The van der Waals surface area contributed by atoms with E-state index in [1.54, 1.807) is 0 Å². The summed E-state index contributed by atoms with van der Waals surface area (Å²) < 4.78 is 37.5. The van der Waals surface area contributed by atoms with Gasteiger partial charge in [-0.3, -0.25) is 9.48 Å². The third kappa shape index (κ3) is 5.39. The second-order valence-electron chi connectivity index (χ2n) is 11.1. The Hall–Kier alpha value is -3.07. The lowest BCUT2D eigenvalue weighted by molar-refractivity contribution is -0.0494. The minimum Gasteiger partial charge on any atom is -0.356 e. The van der Waals surface area contributed by atoms with Crippen molar-refractivity contribution in [3.05, 3.63) is 47.8 Å². The minimum absolute atomic E-state index is 0.0387. The van der Waals surface area contributed by atoms with Crippen LogP contribution in [0.5, 0.6) is 0 Å². The normalized spacial score (nSPS) is 19.9. The largest absolute Gasteiger partial charge is 0.356 e. The van der Waals surface area contributed by atoms with Crippen molar-refractivity contribution in [2.45, 2.75) is 83.9 Å². The minimum atomic E-state index is -2.72. The number of aromatic nitrogens is 4. The molecule has 9 heteroatoms. The summed E-state index contributed by atoms with van der Waals surface area (Å²) in [6.07, 6.45) is 4.17. The lowest BCUT2D eigenvalue weighted by Crippen LogP contribution is -2.42. The van der Waals surface area contributed by atoms with Crippen LogP contribution in [0.2, 0.25) is 0 Å². The Labute approximate surface area is 222 Å². The van der Waals surface area contributed by atoms with Crippen LogP contribution in [-0.4, -0.2) is 56.0 Å². The van der Waals surface area contributed by atoms with E-state index >= 15 is 0 Å². The molecule has 0 radical (unpaired) electrons. The van der Waals surface area contributed by atoms with Gasteiger partial charge in [-0.05, 0) is 63.3 Å². The van der Waals surface area contributed by atoms with E-state index in [0.29, 0.717) is 23.4 Å². The SMILES string of the molecule is CC(C)c1cc(-c2ccc(C(=O)N3CCC(F)(F)CC3)c(-c3ccn(C(C)C)n3)c2)n(C2CCCCO2)n1. The number of hydrogen-bond donors (Lipinski definition) is 0. The summed E-state index contributed by atoms with van der Waals surface area (Å²) in [5.41, 5.74) is 4.66. The molecule has 2 saturated heterocycles. The van der Waals surface area contributed by atoms with Crippen molar-refractivity contribution >= 4 is 5.91 Å². The summed E-state index contributed by atoms with van der Waals surface area (Å²) in [4.78, 5) is 15.1. The third-order valence-electron chi connectivity index (χ3n) is 7.52. The third-order valence-corrected chi connectivity index (χ3v) is 7.52. The lowest BCUT2D eigenvalue weighted by Gasteiger charge is -2.32. The quantitative estimate of drug-likeness (QED) is 0.360. The molecule has 0 saturated carbocycles. The number of likely N-dealkylation sites (tertiary alicyclic amines) is 1. The maximum Gasteiger partial charge on any atom is 0.254 e. The molecule has 0 spiro atoms. The molecule has 4 heterocycles. The summed E-state index contributed by atoms with van der Waals surface area (Å²) in [5, 5.41) is 9.66. The number of carbonyl (C=O) groups excluding carboxylic acids is 1. The van der Waals surface area contributed by atoms with Gasteiger partial charge in [0.05, 0.1) is 17.1 Å². The molecular formula is C29H37F2N5O2. The molecule has 1 atom stereocenters. The van der Waals surface area contributed by atoms with E-state index in [-0.39, 0.29) is 50.0 Å². The van der Waals surface area contributed by atoms with Gasteiger partial charge >= 0.3 is 0 Å². The summed E-state index contributed by atoms with van der Waals surface area (Å²) in [6.45, 7) is 9.11. The Balaban J connectivity index is 1.58. The van der Waals surface area contributed by atoms with Crippen molar-refractivity contribution in [1.82, 2.24) is 24.5 Å². The first-order chi connectivity index (χ1) is 18.1. The number of hydrogen-bond acceptors (Lipinski definition) is 4. The second kappa shape index (κ2) is 10.6. The monoisotopic (exact) mass is 525 g/mol. The van der Waals surface area contributed by atoms with Gasteiger partial charge in [-0.1, -0.05) is 19.9 Å². The highest BCUT2D eigenvalue weighted by molar-refractivity contribution is 6.01.